The Kier molecular flexibility index (Phi) is 7.84. The van der Waals surface area contributed by atoms with Crippen molar-refractivity contribution in [1.82, 2.24) is 0 Å². The number of halogens is 1. The molecule has 0 aliphatic heterocycles. The van der Waals surface area contributed by atoms with Gasteiger partial charge in [-0.1, -0.05) is 0 Å². The number of nitrogens with zero attached hydrogens (tertiary/aromatic N) is 1. The Morgan fingerprint density at radius 3 is 2.08 bits per heavy atom. The SMILES string of the molecule is C[N+](C)(C)CCCCS(=O)(O)=S.[Br-]. The van der Waals surface area contributed by atoms with Crippen LogP contribution >= 0.6 is 0 Å². The molecule has 0 rings (SSSR count). The summed E-state index contributed by atoms with van der Waals surface area (Å²) < 4.78 is 20.4. The first kappa shape index (κ1) is 16.2. The summed E-state index contributed by atoms with van der Waals surface area (Å²) in [6.07, 6.45) is 1.70. The van der Waals surface area contributed by atoms with E-state index in [4.69, 9.17) is 4.55 Å². The molecule has 3 nitrogen and oxygen atoms in total. The third kappa shape index (κ3) is 15.5. The minimum absolute atomic E-state index is 0. The van der Waals surface area contributed by atoms with Gasteiger partial charge >= 0.3 is 0 Å². The molecular weight excluding hydrogens is 274 g/mol. The van der Waals surface area contributed by atoms with Gasteiger partial charge in [0.15, 0.2) is 0 Å². The fraction of sp³-hybridized carbons (Fsp3) is 1.00. The maximum absolute atomic E-state index is 10.7. The summed E-state index contributed by atoms with van der Waals surface area (Å²) in [6.45, 7) is 1.02. The Balaban J connectivity index is 0. The average Bonchev–Trinajstić information content (AvgIpc) is 1.76. The van der Waals surface area contributed by atoms with Crippen LogP contribution in [0.3, 0.4) is 0 Å². The van der Waals surface area contributed by atoms with E-state index in [-0.39, 0.29) is 22.7 Å². The van der Waals surface area contributed by atoms with Crippen LogP contribution in [0.25, 0.3) is 0 Å². The number of quaternary nitrogens is 1. The Hall–Kier alpha value is 0.770. The van der Waals surface area contributed by atoms with Crippen LogP contribution < -0.4 is 17.0 Å². The highest BCUT2D eigenvalue weighted by Gasteiger charge is 2.07. The second-order valence-electron chi connectivity index (χ2n) is 4.01. The predicted molar refractivity (Wildman–Crippen MR) is 55.1 cm³/mol. The van der Waals surface area contributed by atoms with Gasteiger partial charge in [0.1, 0.15) is 8.77 Å². The Labute approximate surface area is 96.4 Å². The van der Waals surface area contributed by atoms with Crippen LogP contribution in [0.1, 0.15) is 12.8 Å². The molecule has 0 saturated carbocycles. The predicted octanol–water partition coefficient (Wildman–Crippen LogP) is -2.30. The molecule has 1 N–H and O–H groups in total. The van der Waals surface area contributed by atoms with Crippen LogP contribution in [-0.2, 0) is 20.0 Å². The molecule has 1 unspecified atom stereocenters. The second-order valence-corrected chi connectivity index (χ2v) is 7.14. The minimum atomic E-state index is -2.92. The van der Waals surface area contributed by atoms with Crippen molar-refractivity contribution in [3.63, 3.8) is 0 Å². The smallest absolute Gasteiger partial charge is 0.141 e. The largest absolute Gasteiger partial charge is 1.00 e. The van der Waals surface area contributed by atoms with Gasteiger partial charge in [-0.2, -0.15) is 0 Å². The molecule has 0 saturated heterocycles. The Morgan fingerprint density at radius 1 is 1.31 bits per heavy atom. The van der Waals surface area contributed by atoms with Crippen molar-refractivity contribution in [2.45, 2.75) is 12.8 Å². The van der Waals surface area contributed by atoms with Gasteiger partial charge in [0.2, 0.25) is 0 Å². The lowest BCUT2D eigenvalue weighted by molar-refractivity contribution is -0.870. The number of rotatable bonds is 5. The van der Waals surface area contributed by atoms with Gasteiger partial charge in [0.05, 0.1) is 33.4 Å². The van der Waals surface area contributed by atoms with Crippen molar-refractivity contribution < 1.29 is 30.2 Å². The van der Waals surface area contributed by atoms with E-state index in [1.54, 1.807) is 0 Å². The van der Waals surface area contributed by atoms with Crippen LogP contribution in [0.15, 0.2) is 0 Å². The molecule has 0 radical (unpaired) electrons. The molecular formula is C7H18BrNO2S2. The number of unbranched alkanes of at least 4 members (excludes halogenated alkanes) is 1. The summed E-state index contributed by atoms with van der Waals surface area (Å²) in [4.78, 5) is 0. The van der Waals surface area contributed by atoms with E-state index in [9.17, 15) is 4.21 Å². The van der Waals surface area contributed by atoms with Crippen molar-refractivity contribution >= 4 is 20.0 Å². The van der Waals surface area contributed by atoms with E-state index in [0.29, 0.717) is 0 Å². The highest BCUT2D eigenvalue weighted by atomic mass is 79.9. The van der Waals surface area contributed by atoms with Crippen LogP contribution in [0.2, 0.25) is 0 Å². The third-order valence-corrected chi connectivity index (χ3v) is 2.79. The van der Waals surface area contributed by atoms with E-state index < -0.39 is 8.77 Å². The zero-order valence-electron chi connectivity index (χ0n) is 8.33. The number of hydrogen-bond donors (Lipinski definition) is 1. The molecule has 82 valence electrons. The molecule has 0 aliphatic rings. The molecule has 1 atom stereocenters. The van der Waals surface area contributed by atoms with Gasteiger partial charge in [-0.05, 0) is 12.8 Å². The topological polar surface area (TPSA) is 37.3 Å². The summed E-state index contributed by atoms with van der Waals surface area (Å²) in [6, 6.07) is 0. The lowest BCUT2D eigenvalue weighted by Crippen LogP contribution is -3.00. The molecule has 0 spiro atoms. The summed E-state index contributed by atoms with van der Waals surface area (Å²) in [5, 5.41) is 0. The monoisotopic (exact) mass is 291 g/mol. The highest BCUT2D eigenvalue weighted by molar-refractivity contribution is 8.29. The molecule has 0 amide bonds. The summed E-state index contributed by atoms with van der Waals surface area (Å²) in [5.41, 5.74) is 0. The molecule has 0 aliphatic carbocycles. The van der Waals surface area contributed by atoms with Gasteiger partial charge in [0.25, 0.3) is 0 Å². The summed E-state index contributed by atoms with van der Waals surface area (Å²) >= 11 is 4.37. The zero-order chi connectivity index (χ0) is 9.83. The standard InChI is InChI=1S/C7H17NO2S2.BrH/c1-8(2,3)6-4-5-7-12(9,10)11;/h4-7H2,1-3H3;1H. The van der Waals surface area contributed by atoms with Crippen LogP contribution in [0.4, 0.5) is 0 Å². The Bertz CT molecular complexity index is 221. The lowest BCUT2D eigenvalue weighted by atomic mass is 10.3. The first-order valence-electron chi connectivity index (χ1n) is 3.96. The average molecular weight is 292 g/mol. The van der Waals surface area contributed by atoms with Crippen molar-refractivity contribution in [3.8, 4) is 0 Å². The molecule has 13 heavy (non-hydrogen) atoms. The molecule has 6 heteroatoms. The second kappa shape index (κ2) is 6.29. The molecule has 0 bridgehead atoms. The first-order chi connectivity index (χ1) is 5.21. The normalized spacial score (nSPS) is 16.0. The van der Waals surface area contributed by atoms with Gasteiger partial charge < -0.3 is 26.0 Å². The third-order valence-electron chi connectivity index (χ3n) is 1.48. The summed E-state index contributed by atoms with van der Waals surface area (Å²) in [7, 11) is 3.39. The van der Waals surface area contributed by atoms with E-state index in [1.807, 2.05) is 0 Å². The maximum atomic E-state index is 10.7. The molecule has 0 fully saturated rings. The van der Waals surface area contributed by atoms with E-state index in [2.05, 4.69) is 32.3 Å². The van der Waals surface area contributed by atoms with Crippen molar-refractivity contribution in [2.24, 2.45) is 0 Å². The highest BCUT2D eigenvalue weighted by Crippen LogP contribution is 1.99. The van der Waals surface area contributed by atoms with Crippen LogP contribution in [0, 0.1) is 0 Å². The molecule has 0 aromatic carbocycles. The van der Waals surface area contributed by atoms with Crippen molar-refractivity contribution in [1.29, 1.82) is 0 Å². The van der Waals surface area contributed by atoms with Crippen molar-refractivity contribution in [2.75, 3.05) is 33.4 Å². The number of hydrogen-bond acceptors (Lipinski definition) is 2. The maximum Gasteiger partial charge on any atom is 0.141 e. The van der Waals surface area contributed by atoms with Gasteiger partial charge in [-0.15, -0.1) is 0 Å². The van der Waals surface area contributed by atoms with E-state index in [0.717, 1.165) is 23.9 Å². The van der Waals surface area contributed by atoms with E-state index >= 15 is 0 Å². The molecule has 0 aromatic rings. The van der Waals surface area contributed by atoms with Crippen molar-refractivity contribution in [3.05, 3.63) is 0 Å². The van der Waals surface area contributed by atoms with Gasteiger partial charge in [-0.25, -0.2) is 4.21 Å². The fourth-order valence-electron chi connectivity index (χ4n) is 0.871. The summed E-state index contributed by atoms with van der Waals surface area (Å²) in [5.74, 6) is 0.252. The molecule has 0 heterocycles. The Morgan fingerprint density at radius 2 is 1.77 bits per heavy atom. The molecule has 0 aromatic heterocycles. The van der Waals surface area contributed by atoms with E-state index in [1.165, 1.54) is 0 Å². The zero-order valence-corrected chi connectivity index (χ0v) is 11.5. The first-order valence-corrected chi connectivity index (χ1v) is 6.57. The van der Waals surface area contributed by atoms with Crippen LogP contribution in [-0.4, -0.2) is 46.7 Å². The van der Waals surface area contributed by atoms with Crippen LogP contribution in [0.5, 0.6) is 0 Å². The van der Waals surface area contributed by atoms with Gasteiger partial charge in [0, 0.05) is 11.2 Å². The quantitative estimate of drug-likeness (QED) is 0.457. The lowest BCUT2D eigenvalue weighted by Gasteiger charge is -2.23. The fourth-order valence-corrected chi connectivity index (χ4v) is 1.79. The van der Waals surface area contributed by atoms with Gasteiger partial charge in [-0.3, -0.25) is 0 Å². The minimum Gasteiger partial charge on any atom is -1.00 e.